The second-order valence-corrected chi connectivity index (χ2v) is 4.47. The van der Waals surface area contributed by atoms with Crippen LogP contribution in [0.4, 0.5) is 4.39 Å². The lowest BCUT2D eigenvalue weighted by molar-refractivity contribution is -0.00507. The van der Waals surface area contributed by atoms with Crippen LogP contribution in [0.3, 0.4) is 0 Å². The van der Waals surface area contributed by atoms with Crippen LogP contribution < -0.4 is 5.69 Å². The van der Waals surface area contributed by atoms with Crippen molar-refractivity contribution in [3.63, 3.8) is 0 Å². The van der Waals surface area contributed by atoms with Crippen molar-refractivity contribution < 1.29 is 14.2 Å². The van der Waals surface area contributed by atoms with Gasteiger partial charge in [-0.05, 0) is 12.8 Å². The smallest absolute Gasteiger partial charge is 0.345 e. The van der Waals surface area contributed by atoms with Crippen LogP contribution in [0.2, 0.25) is 0 Å². The molecule has 0 aliphatic carbocycles. The Kier molecular flexibility index (Phi) is 3.98. The van der Waals surface area contributed by atoms with Gasteiger partial charge in [-0.2, -0.15) is 0 Å². The number of nitrogens with one attached hydrogen (secondary N) is 1. The quantitative estimate of drug-likeness (QED) is 0.766. The maximum Gasteiger partial charge on any atom is 0.345 e. The van der Waals surface area contributed by atoms with E-state index in [9.17, 15) is 9.18 Å². The number of ether oxygens (including phenoxy) is 1. The van der Waals surface area contributed by atoms with Crippen molar-refractivity contribution in [3.8, 4) is 11.8 Å². The van der Waals surface area contributed by atoms with E-state index < -0.39 is 30.0 Å². The van der Waals surface area contributed by atoms with Gasteiger partial charge in [0, 0.05) is 17.7 Å². The zero-order chi connectivity index (χ0) is 14.0. The number of rotatable bonds is 2. The van der Waals surface area contributed by atoms with Gasteiger partial charge in [-0.1, -0.05) is 12.8 Å². The van der Waals surface area contributed by atoms with E-state index in [0.717, 1.165) is 0 Å². The van der Waals surface area contributed by atoms with Crippen molar-refractivity contribution in [2.45, 2.75) is 32.2 Å². The third kappa shape index (κ3) is 2.53. The highest BCUT2D eigenvalue weighted by Gasteiger charge is 2.43. The van der Waals surface area contributed by atoms with E-state index in [-0.39, 0.29) is 6.61 Å². The first kappa shape index (κ1) is 13.7. The average molecular weight is 266 g/mol. The molecule has 5 nitrogen and oxygen atoms in total. The van der Waals surface area contributed by atoms with Crippen LogP contribution in [0.5, 0.6) is 0 Å². The largest absolute Gasteiger partial charge is 0.394 e. The zero-order valence-electron chi connectivity index (χ0n) is 10.7. The van der Waals surface area contributed by atoms with Gasteiger partial charge in [0.15, 0.2) is 0 Å². The lowest BCUT2D eigenvalue weighted by Gasteiger charge is -2.14. The third-order valence-electron chi connectivity index (χ3n) is 3.28. The molecule has 1 fully saturated rings. The minimum absolute atomic E-state index is 0.246. The van der Waals surface area contributed by atoms with Crippen molar-refractivity contribution in [1.82, 2.24) is 9.97 Å². The van der Waals surface area contributed by atoms with E-state index in [1.807, 2.05) is 0 Å². The lowest BCUT2D eigenvalue weighted by atomic mass is 9.96. The molecule has 4 atom stereocenters. The summed E-state index contributed by atoms with van der Waals surface area (Å²) in [6.45, 7) is 3.05. The summed E-state index contributed by atoms with van der Waals surface area (Å²) in [6, 6.07) is 0. The Labute approximate surface area is 109 Å². The van der Waals surface area contributed by atoms with Crippen molar-refractivity contribution in [1.29, 1.82) is 0 Å². The Bertz CT molecular complexity index is 575. The Balaban J connectivity index is 2.41. The third-order valence-corrected chi connectivity index (χ3v) is 3.28. The first-order valence-corrected chi connectivity index (χ1v) is 6.00. The predicted octanol–water partition coefficient (Wildman–Crippen LogP) is 0.548. The molecular weight excluding hydrogens is 251 g/mol. The molecule has 2 N–H and O–H groups in total. The summed E-state index contributed by atoms with van der Waals surface area (Å²) in [5.74, 6) is 4.93. The fourth-order valence-corrected chi connectivity index (χ4v) is 2.17. The predicted molar refractivity (Wildman–Crippen MR) is 66.2 cm³/mol. The van der Waals surface area contributed by atoms with Gasteiger partial charge < -0.3 is 9.84 Å². The van der Waals surface area contributed by atoms with Gasteiger partial charge in [-0.3, -0.25) is 4.98 Å². The van der Waals surface area contributed by atoms with E-state index >= 15 is 0 Å². The molecule has 6 heteroatoms. The summed E-state index contributed by atoms with van der Waals surface area (Å²) >= 11 is 0. The molecule has 1 saturated heterocycles. The number of hydrogen-bond acceptors (Lipinski definition) is 4. The molecule has 102 valence electrons. The van der Waals surface area contributed by atoms with Crippen molar-refractivity contribution in [2.75, 3.05) is 6.61 Å². The number of hydrogen-bond donors (Lipinski definition) is 2. The van der Waals surface area contributed by atoms with Crippen molar-refractivity contribution >= 4 is 0 Å². The number of aliphatic hydroxyl groups excluding tert-OH is 1. The van der Waals surface area contributed by atoms with Crippen LogP contribution in [0.15, 0.2) is 11.0 Å². The van der Waals surface area contributed by atoms with Crippen LogP contribution in [-0.4, -0.2) is 34.0 Å². The Morgan fingerprint density at radius 2 is 2.37 bits per heavy atom. The van der Waals surface area contributed by atoms with Gasteiger partial charge in [0.25, 0.3) is 0 Å². The van der Waals surface area contributed by atoms with Crippen LogP contribution in [0.1, 0.15) is 31.2 Å². The molecule has 0 saturated carbocycles. The van der Waals surface area contributed by atoms with Gasteiger partial charge in [0.2, 0.25) is 0 Å². The second kappa shape index (κ2) is 5.51. The van der Waals surface area contributed by atoms with Gasteiger partial charge >= 0.3 is 5.69 Å². The van der Waals surface area contributed by atoms with Gasteiger partial charge in [-0.25, -0.2) is 14.2 Å². The Morgan fingerprint density at radius 3 is 2.95 bits per heavy atom. The molecule has 2 heterocycles. The summed E-state index contributed by atoms with van der Waals surface area (Å²) in [5, 5.41) is 9.14. The molecule has 19 heavy (non-hydrogen) atoms. The monoisotopic (exact) mass is 266 g/mol. The summed E-state index contributed by atoms with van der Waals surface area (Å²) in [7, 11) is 0. The molecule has 0 amide bonds. The summed E-state index contributed by atoms with van der Waals surface area (Å²) in [6.07, 6.45) is -1.42. The molecule has 1 aliphatic heterocycles. The number of nitrogens with zero attached hydrogens (tertiary/aromatic N) is 1. The average Bonchev–Trinajstić information content (AvgIpc) is 2.67. The Morgan fingerprint density at radius 1 is 1.63 bits per heavy atom. The minimum Gasteiger partial charge on any atom is -0.394 e. The van der Waals surface area contributed by atoms with Crippen LogP contribution in [0.25, 0.3) is 0 Å². The SMILES string of the molecule is CC#Cc1[nH]c(=O)ncc1[C@@H]1O[C@H](CO)C(C)[C@@H]1F. The van der Waals surface area contributed by atoms with Crippen LogP contribution in [0, 0.1) is 17.8 Å². The fourth-order valence-electron chi connectivity index (χ4n) is 2.17. The molecule has 2 rings (SSSR count). The van der Waals surface area contributed by atoms with Gasteiger partial charge in [-0.15, -0.1) is 0 Å². The fraction of sp³-hybridized carbons (Fsp3) is 0.538. The van der Waals surface area contributed by atoms with Gasteiger partial charge in [0.05, 0.1) is 12.7 Å². The van der Waals surface area contributed by atoms with E-state index in [0.29, 0.717) is 11.3 Å². The molecule has 1 aromatic rings. The number of alkyl halides is 1. The maximum atomic E-state index is 14.2. The number of aliphatic hydroxyl groups is 1. The zero-order valence-corrected chi connectivity index (χ0v) is 10.7. The highest BCUT2D eigenvalue weighted by molar-refractivity contribution is 5.36. The van der Waals surface area contributed by atoms with E-state index in [2.05, 4.69) is 21.8 Å². The van der Waals surface area contributed by atoms with Crippen LogP contribution >= 0.6 is 0 Å². The molecule has 0 radical (unpaired) electrons. The molecule has 0 aromatic carbocycles. The second-order valence-electron chi connectivity index (χ2n) is 4.47. The Hall–Kier alpha value is -1.71. The maximum absolute atomic E-state index is 14.2. The summed E-state index contributed by atoms with van der Waals surface area (Å²) < 4.78 is 19.7. The molecule has 1 aromatic heterocycles. The van der Waals surface area contributed by atoms with E-state index in [4.69, 9.17) is 9.84 Å². The summed E-state index contributed by atoms with van der Waals surface area (Å²) in [4.78, 5) is 17.3. The summed E-state index contributed by atoms with van der Waals surface area (Å²) in [5.41, 5.74) is 0.173. The topological polar surface area (TPSA) is 75.2 Å². The number of aromatic nitrogens is 2. The lowest BCUT2D eigenvalue weighted by Crippen LogP contribution is -2.21. The first-order valence-electron chi connectivity index (χ1n) is 6.00. The molecule has 0 spiro atoms. The molecule has 1 unspecified atom stereocenters. The normalized spacial score (nSPS) is 29.9. The van der Waals surface area contributed by atoms with Crippen molar-refractivity contribution in [3.05, 3.63) is 27.9 Å². The van der Waals surface area contributed by atoms with E-state index in [1.165, 1.54) is 6.20 Å². The van der Waals surface area contributed by atoms with Gasteiger partial charge in [0.1, 0.15) is 18.0 Å². The highest BCUT2D eigenvalue weighted by atomic mass is 19.1. The standard InChI is InChI=1S/C13H15FN2O3/c1-3-4-9-8(5-15-13(18)16-9)12-11(14)7(2)10(6-17)19-12/h5,7,10-12,17H,6H2,1-2H3,(H,15,16,18)/t7?,10-,11+,12+/m1/s1. The molecular formula is C13H15FN2O3. The molecule has 1 aliphatic rings. The van der Waals surface area contributed by atoms with Crippen molar-refractivity contribution in [2.24, 2.45) is 5.92 Å². The first-order chi connectivity index (χ1) is 9.08. The van der Waals surface area contributed by atoms with Crippen LogP contribution in [-0.2, 0) is 4.74 Å². The van der Waals surface area contributed by atoms with E-state index in [1.54, 1.807) is 13.8 Å². The number of halogens is 1. The highest BCUT2D eigenvalue weighted by Crippen LogP contribution is 2.39. The number of aromatic amines is 1. The molecule has 0 bridgehead atoms. The minimum atomic E-state index is -1.28. The number of H-pyrrole nitrogens is 1.